The zero-order valence-electron chi connectivity index (χ0n) is 9.09. The molecular weight excluding hydrogens is 208 g/mol. The van der Waals surface area contributed by atoms with Crippen LogP contribution in [0.3, 0.4) is 0 Å². The number of nitro groups is 1. The number of nitrogens with two attached hydrogens (primary N) is 1. The first kappa shape index (κ1) is 10.7. The zero-order chi connectivity index (χ0) is 11.7. The highest BCUT2D eigenvalue weighted by Gasteiger charge is 2.24. The van der Waals surface area contributed by atoms with E-state index in [0.717, 1.165) is 12.5 Å². The van der Waals surface area contributed by atoms with Crippen LogP contribution in [-0.2, 0) is 0 Å². The predicted octanol–water partition coefficient (Wildman–Crippen LogP) is 1.42. The number of nitrogens with zero attached hydrogens (tertiary/aromatic N) is 3. The van der Waals surface area contributed by atoms with Crippen molar-refractivity contribution >= 4 is 17.3 Å². The number of aromatic nitrogens is 1. The summed E-state index contributed by atoms with van der Waals surface area (Å²) in [6.07, 6.45) is 2.51. The lowest BCUT2D eigenvalue weighted by Crippen LogP contribution is -2.21. The van der Waals surface area contributed by atoms with Crippen molar-refractivity contribution in [2.45, 2.75) is 12.8 Å². The first-order valence-electron chi connectivity index (χ1n) is 5.20. The maximum Gasteiger partial charge on any atom is 0.311 e. The van der Waals surface area contributed by atoms with Crippen molar-refractivity contribution in [3.63, 3.8) is 0 Å². The fraction of sp³-hybridized carbons (Fsp3) is 0.500. The summed E-state index contributed by atoms with van der Waals surface area (Å²) in [5.41, 5.74) is 5.39. The molecule has 1 fully saturated rings. The Balaban J connectivity index is 2.15. The van der Waals surface area contributed by atoms with Crippen LogP contribution in [0.4, 0.5) is 17.3 Å². The van der Waals surface area contributed by atoms with Gasteiger partial charge in [0.1, 0.15) is 5.82 Å². The number of rotatable bonds is 4. The van der Waals surface area contributed by atoms with Gasteiger partial charge in [-0.05, 0) is 24.8 Å². The molecule has 6 heteroatoms. The molecule has 1 aliphatic rings. The summed E-state index contributed by atoms with van der Waals surface area (Å²) in [6.45, 7) is 0.935. The predicted molar refractivity (Wildman–Crippen MR) is 61.3 cm³/mol. The molecule has 6 nitrogen and oxygen atoms in total. The molecule has 1 aromatic rings. The summed E-state index contributed by atoms with van der Waals surface area (Å²) >= 11 is 0. The van der Waals surface area contributed by atoms with Crippen molar-refractivity contribution in [1.29, 1.82) is 0 Å². The summed E-state index contributed by atoms with van der Waals surface area (Å²) in [4.78, 5) is 16.1. The third kappa shape index (κ3) is 2.21. The number of hydrogen-bond acceptors (Lipinski definition) is 5. The molecule has 0 radical (unpaired) electrons. The van der Waals surface area contributed by atoms with Crippen molar-refractivity contribution in [3.8, 4) is 0 Å². The quantitative estimate of drug-likeness (QED) is 0.615. The molecule has 1 aromatic heterocycles. The van der Waals surface area contributed by atoms with E-state index in [-0.39, 0.29) is 11.5 Å². The Hall–Kier alpha value is -1.85. The second kappa shape index (κ2) is 3.96. The molecule has 1 aliphatic carbocycles. The average molecular weight is 222 g/mol. The largest absolute Gasteiger partial charge is 0.378 e. The number of pyridine rings is 1. The summed E-state index contributed by atoms with van der Waals surface area (Å²) < 4.78 is 0. The molecule has 2 N–H and O–H groups in total. The van der Waals surface area contributed by atoms with E-state index >= 15 is 0 Å². The second-order valence-electron chi connectivity index (χ2n) is 4.15. The van der Waals surface area contributed by atoms with Crippen LogP contribution in [0.2, 0.25) is 0 Å². The monoisotopic (exact) mass is 222 g/mol. The van der Waals surface area contributed by atoms with E-state index in [1.165, 1.54) is 18.9 Å². The molecule has 0 spiro atoms. The number of hydrogen-bond donors (Lipinski definition) is 1. The van der Waals surface area contributed by atoms with E-state index < -0.39 is 4.92 Å². The van der Waals surface area contributed by atoms with Crippen molar-refractivity contribution < 1.29 is 4.92 Å². The first-order valence-corrected chi connectivity index (χ1v) is 5.20. The Morgan fingerprint density at radius 2 is 2.31 bits per heavy atom. The minimum atomic E-state index is -0.521. The van der Waals surface area contributed by atoms with Crippen LogP contribution in [0.15, 0.2) is 12.1 Å². The maximum atomic E-state index is 10.6. The van der Waals surface area contributed by atoms with Gasteiger partial charge in [0.25, 0.3) is 0 Å². The van der Waals surface area contributed by atoms with Crippen molar-refractivity contribution in [1.82, 2.24) is 4.98 Å². The smallest absolute Gasteiger partial charge is 0.311 e. The van der Waals surface area contributed by atoms with Crippen LogP contribution in [0.1, 0.15) is 12.8 Å². The lowest BCUT2D eigenvalue weighted by molar-refractivity contribution is -0.384. The second-order valence-corrected chi connectivity index (χ2v) is 4.15. The van der Waals surface area contributed by atoms with E-state index in [1.807, 2.05) is 11.9 Å². The maximum absolute atomic E-state index is 10.6. The highest BCUT2D eigenvalue weighted by Crippen LogP contribution is 2.31. The Labute approximate surface area is 93.2 Å². The summed E-state index contributed by atoms with van der Waals surface area (Å²) in [5.74, 6) is 1.41. The minimum absolute atomic E-state index is 0.0230. The van der Waals surface area contributed by atoms with Crippen LogP contribution in [-0.4, -0.2) is 23.5 Å². The van der Waals surface area contributed by atoms with E-state index in [9.17, 15) is 10.1 Å². The molecule has 2 rings (SSSR count). The molecule has 0 aromatic carbocycles. The zero-order valence-corrected chi connectivity index (χ0v) is 9.09. The van der Waals surface area contributed by atoms with E-state index in [4.69, 9.17) is 5.73 Å². The number of nitrogen functional groups attached to an aromatic ring is 1. The topological polar surface area (TPSA) is 85.3 Å². The molecule has 86 valence electrons. The molecular formula is C10H14N4O2. The van der Waals surface area contributed by atoms with E-state index in [1.54, 1.807) is 6.07 Å². The Morgan fingerprint density at radius 1 is 1.62 bits per heavy atom. The lowest BCUT2D eigenvalue weighted by atomic mass is 10.3. The van der Waals surface area contributed by atoms with Crippen molar-refractivity contribution in [3.05, 3.63) is 22.2 Å². The average Bonchev–Trinajstić information content (AvgIpc) is 3.00. The fourth-order valence-electron chi connectivity index (χ4n) is 1.61. The lowest BCUT2D eigenvalue weighted by Gasteiger charge is -2.17. The Morgan fingerprint density at radius 3 is 2.81 bits per heavy atom. The molecule has 0 amide bonds. The Bertz CT molecular complexity index is 417. The van der Waals surface area contributed by atoms with Gasteiger partial charge in [0.2, 0.25) is 5.82 Å². The summed E-state index contributed by atoms with van der Waals surface area (Å²) in [5, 5.41) is 10.6. The van der Waals surface area contributed by atoms with E-state index in [0.29, 0.717) is 5.82 Å². The number of anilines is 2. The van der Waals surface area contributed by atoms with Gasteiger partial charge < -0.3 is 10.6 Å². The third-order valence-electron chi connectivity index (χ3n) is 2.70. The highest BCUT2D eigenvalue weighted by molar-refractivity contribution is 5.57. The van der Waals surface area contributed by atoms with E-state index in [2.05, 4.69) is 4.98 Å². The molecule has 0 aliphatic heterocycles. The van der Waals surface area contributed by atoms with Gasteiger partial charge in [-0.1, -0.05) is 0 Å². The SMILES string of the molecule is CN(CC1CC1)c1ccc([N+](=O)[O-])c(N)n1. The third-order valence-corrected chi connectivity index (χ3v) is 2.70. The van der Waals surface area contributed by atoms with Crippen LogP contribution in [0.25, 0.3) is 0 Å². The van der Waals surface area contributed by atoms with Gasteiger partial charge in [0.05, 0.1) is 4.92 Å². The molecule has 1 saturated carbocycles. The van der Waals surface area contributed by atoms with Gasteiger partial charge in [0, 0.05) is 19.7 Å². The van der Waals surface area contributed by atoms with Crippen LogP contribution in [0, 0.1) is 16.0 Å². The Kier molecular flexibility index (Phi) is 2.64. The van der Waals surface area contributed by atoms with Gasteiger partial charge in [-0.15, -0.1) is 0 Å². The van der Waals surface area contributed by atoms with Crippen LogP contribution in [0.5, 0.6) is 0 Å². The van der Waals surface area contributed by atoms with Gasteiger partial charge in [-0.25, -0.2) is 4.98 Å². The molecule has 0 unspecified atom stereocenters. The van der Waals surface area contributed by atoms with Gasteiger partial charge in [-0.2, -0.15) is 0 Å². The molecule has 1 heterocycles. The summed E-state index contributed by atoms with van der Waals surface area (Å²) in [7, 11) is 1.92. The van der Waals surface area contributed by atoms with Gasteiger partial charge in [0.15, 0.2) is 0 Å². The van der Waals surface area contributed by atoms with Crippen LogP contribution >= 0.6 is 0 Å². The normalized spacial score (nSPS) is 14.8. The first-order chi connectivity index (χ1) is 7.58. The fourth-order valence-corrected chi connectivity index (χ4v) is 1.61. The highest BCUT2D eigenvalue weighted by atomic mass is 16.6. The standard InChI is InChI=1S/C10H14N4O2/c1-13(6-7-2-3-7)9-5-4-8(14(15)16)10(11)12-9/h4-5,7H,2-3,6H2,1H3,(H2,11,12). The molecule has 16 heavy (non-hydrogen) atoms. The minimum Gasteiger partial charge on any atom is -0.378 e. The molecule has 0 saturated heterocycles. The molecule has 0 bridgehead atoms. The summed E-state index contributed by atoms with van der Waals surface area (Å²) in [6, 6.07) is 3.04. The molecule has 0 atom stereocenters. The van der Waals surface area contributed by atoms with Gasteiger partial charge >= 0.3 is 5.69 Å². The van der Waals surface area contributed by atoms with Crippen LogP contribution < -0.4 is 10.6 Å². The van der Waals surface area contributed by atoms with Crippen molar-refractivity contribution in [2.75, 3.05) is 24.2 Å². The van der Waals surface area contributed by atoms with Gasteiger partial charge in [-0.3, -0.25) is 10.1 Å². The van der Waals surface area contributed by atoms with Crippen molar-refractivity contribution in [2.24, 2.45) is 5.92 Å².